The molecule has 0 saturated heterocycles. The van der Waals surface area contributed by atoms with E-state index in [1.165, 1.54) is 12.1 Å². The number of nitro benzene ring substituents is 1. The molecule has 0 amide bonds. The minimum atomic E-state index is -1.52. The van der Waals surface area contributed by atoms with Gasteiger partial charge in [0.15, 0.2) is 11.3 Å². The van der Waals surface area contributed by atoms with E-state index in [2.05, 4.69) is 9.97 Å². The Hall–Kier alpha value is -2.50. The molecule has 1 aromatic heterocycles. The minimum Gasteiger partial charge on any atom is -0.477 e. The monoisotopic (exact) mass is 403 g/mol. The summed E-state index contributed by atoms with van der Waals surface area (Å²) in [5, 5.41) is 20.0. The van der Waals surface area contributed by atoms with Crippen molar-refractivity contribution in [2.24, 2.45) is 0 Å². The Balaban J connectivity index is 2.57. The van der Waals surface area contributed by atoms with Crippen molar-refractivity contribution in [1.29, 1.82) is 0 Å². The van der Waals surface area contributed by atoms with Crippen LogP contribution in [0.4, 0.5) is 5.69 Å². The van der Waals surface area contributed by atoms with Gasteiger partial charge >= 0.3 is 5.97 Å². The van der Waals surface area contributed by atoms with Crippen LogP contribution in [0, 0.1) is 13.7 Å². The van der Waals surface area contributed by atoms with E-state index in [9.17, 15) is 19.7 Å². The molecule has 21 heavy (non-hydrogen) atoms. The van der Waals surface area contributed by atoms with Crippen molar-refractivity contribution in [2.45, 2.75) is 0 Å². The Kier molecular flexibility index (Phi) is 4.16. The maximum absolute atomic E-state index is 11.4. The summed E-state index contributed by atoms with van der Waals surface area (Å²) in [5.41, 5.74) is -1.69. The van der Waals surface area contributed by atoms with Crippen molar-refractivity contribution in [2.75, 3.05) is 0 Å². The van der Waals surface area contributed by atoms with E-state index in [0.29, 0.717) is 0 Å². The molecule has 0 aliphatic heterocycles. The Labute approximate surface area is 129 Å². The summed E-state index contributed by atoms with van der Waals surface area (Å²) in [7, 11) is 0. The van der Waals surface area contributed by atoms with Crippen molar-refractivity contribution in [1.82, 2.24) is 9.97 Å². The number of benzene rings is 1. The molecule has 0 fully saturated rings. The highest BCUT2D eigenvalue weighted by molar-refractivity contribution is 14.1. The number of carboxylic acid groups (broad SMARTS) is 1. The van der Waals surface area contributed by atoms with Crippen molar-refractivity contribution < 1.29 is 19.6 Å². The lowest BCUT2D eigenvalue weighted by Gasteiger charge is -2.08. The number of rotatable bonds is 4. The number of halogens is 1. The lowest BCUT2D eigenvalue weighted by atomic mass is 10.1. The van der Waals surface area contributed by atoms with Gasteiger partial charge in [0.25, 0.3) is 11.2 Å². The molecular formula is C11H6IN3O6. The van der Waals surface area contributed by atoms with Gasteiger partial charge < -0.3 is 14.8 Å². The van der Waals surface area contributed by atoms with E-state index in [0.717, 1.165) is 12.4 Å². The smallest absolute Gasteiger partial charge is 0.346 e. The molecule has 0 saturated carbocycles. The third-order valence-electron chi connectivity index (χ3n) is 2.39. The van der Waals surface area contributed by atoms with Gasteiger partial charge in [-0.15, -0.1) is 0 Å². The number of hydrogen-bond acceptors (Lipinski definition) is 6. The molecule has 0 unspecified atom stereocenters. The molecule has 108 valence electrons. The second-order valence-corrected chi connectivity index (χ2v) is 4.74. The van der Waals surface area contributed by atoms with Crippen molar-refractivity contribution in [3.05, 3.63) is 54.1 Å². The van der Waals surface area contributed by atoms with Crippen LogP contribution in [-0.2, 0) is 0 Å². The van der Waals surface area contributed by atoms with Crippen LogP contribution >= 0.6 is 22.6 Å². The highest BCUT2D eigenvalue weighted by Crippen LogP contribution is 2.31. The molecule has 1 aromatic carbocycles. The van der Waals surface area contributed by atoms with Gasteiger partial charge in [0.2, 0.25) is 5.88 Å². The number of carboxylic acids is 1. The molecule has 2 N–H and O–H groups in total. The van der Waals surface area contributed by atoms with Crippen LogP contribution in [-0.4, -0.2) is 26.0 Å². The van der Waals surface area contributed by atoms with Crippen LogP contribution in [0.5, 0.6) is 11.6 Å². The number of aromatic carboxylic acids is 1. The van der Waals surface area contributed by atoms with Gasteiger partial charge in [0, 0.05) is 6.07 Å². The van der Waals surface area contributed by atoms with Gasteiger partial charge in [-0.05, 0) is 28.7 Å². The molecule has 0 aliphatic rings. The highest BCUT2D eigenvalue weighted by atomic mass is 127. The van der Waals surface area contributed by atoms with E-state index in [4.69, 9.17) is 9.84 Å². The molecular weight excluding hydrogens is 397 g/mol. The number of carbonyl (C=O) groups is 1. The quantitative estimate of drug-likeness (QED) is 0.451. The number of nitrogens with one attached hydrogen (secondary N) is 1. The zero-order valence-electron chi connectivity index (χ0n) is 10.1. The normalized spacial score (nSPS) is 10.1. The second kappa shape index (κ2) is 5.87. The molecule has 0 radical (unpaired) electrons. The molecule has 1 heterocycles. The highest BCUT2D eigenvalue weighted by Gasteiger charge is 2.25. The standard InChI is InChI=1S/C11H6IN3O6/c12-8-9(16)13-4-14-10(8)21-6-3-1-2-5(15(19)20)7(6)11(17)18/h1-4H,(H,17,18)(H,13,14,16). The number of aromatic nitrogens is 2. The SMILES string of the molecule is O=C(O)c1c(Oc2nc[nH]c(=O)c2I)cccc1[N+](=O)[O-]. The molecule has 2 aromatic rings. The molecule has 9 nitrogen and oxygen atoms in total. The molecule has 0 spiro atoms. The summed E-state index contributed by atoms with van der Waals surface area (Å²) >= 11 is 1.67. The van der Waals surface area contributed by atoms with Crippen LogP contribution in [0.3, 0.4) is 0 Å². The number of H-pyrrole nitrogens is 1. The first-order valence-corrected chi connectivity index (χ1v) is 6.41. The second-order valence-electron chi connectivity index (χ2n) is 3.67. The predicted octanol–water partition coefficient (Wildman–Crippen LogP) is 1.77. The first-order chi connectivity index (χ1) is 9.91. The number of ether oxygens (including phenoxy) is 1. The lowest BCUT2D eigenvalue weighted by molar-refractivity contribution is -0.385. The Morgan fingerprint density at radius 3 is 2.81 bits per heavy atom. The maximum atomic E-state index is 11.4. The number of aromatic amines is 1. The first kappa shape index (κ1) is 14.9. The summed E-state index contributed by atoms with van der Waals surface area (Å²) in [6.07, 6.45) is 1.08. The molecule has 10 heteroatoms. The lowest BCUT2D eigenvalue weighted by Crippen LogP contribution is -2.12. The number of nitro groups is 1. The van der Waals surface area contributed by atoms with Crippen LogP contribution in [0.2, 0.25) is 0 Å². The van der Waals surface area contributed by atoms with Gasteiger partial charge in [-0.3, -0.25) is 14.9 Å². The molecule has 2 rings (SSSR count). The summed E-state index contributed by atoms with van der Waals surface area (Å²) in [6.45, 7) is 0. The van der Waals surface area contributed by atoms with E-state index in [1.807, 2.05) is 0 Å². The van der Waals surface area contributed by atoms with Crippen LogP contribution in [0.1, 0.15) is 10.4 Å². The van der Waals surface area contributed by atoms with E-state index in [1.54, 1.807) is 22.6 Å². The van der Waals surface area contributed by atoms with Gasteiger partial charge in [-0.1, -0.05) is 6.07 Å². The third kappa shape index (κ3) is 2.99. The summed E-state index contributed by atoms with van der Waals surface area (Å²) in [6, 6.07) is 3.57. The average molecular weight is 403 g/mol. The Morgan fingerprint density at radius 1 is 1.48 bits per heavy atom. The van der Waals surface area contributed by atoms with Crippen molar-refractivity contribution >= 4 is 34.2 Å². The number of hydrogen-bond donors (Lipinski definition) is 2. The maximum Gasteiger partial charge on any atom is 0.346 e. The first-order valence-electron chi connectivity index (χ1n) is 5.33. The fraction of sp³-hybridized carbons (Fsp3) is 0. The van der Waals surface area contributed by atoms with Crippen molar-refractivity contribution in [3.8, 4) is 11.6 Å². The van der Waals surface area contributed by atoms with Gasteiger partial charge in [0.05, 0.1) is 11.3 Å². The number of nitrogens with zero attached hydrogens (tertiary/aromatic N) is 2. The van der Waals surface area contributed by atoms with E-state index >= 15 is 0 Å². The van der Waals surface area contributed by atoms with E-state index < -0.39 is 27.7 Å². The molecule has 0 atom stereocenters. The fourth-order valence-corrected chi connectivity index (χ4v) is 1.92. The zero-order chi connectivity index (χ0) is 15.6. The van der Waals surface area contributed by atoms with Gasteiger partial charge in [-0.25, -0.2) is 9.78 Å². The van der Waals surface area contributed by atoms with E-state index in [-0.39, 0.29) is 15.2 Å². The molecule has 0 aliphatic carbocycles. The predicted molar refractivity (Wildman–Crippen MR) is 77.7 cm³/mol. The zero-order valence-corrected chi connectivity index (χ0v) is 12.2. The summed E-state index contributed by atoms with van der Waals surface area (Å²) in [4.78, 5) is 38.7. The largest absolute Gasteiger partial charge is 0.477 e. The third-order valence-corrected chi connectivity index (χ3v) is 3.34. The Morgan fingerprint density at radius 2 is 2.19 bits per heavy atom. The molecule has 0 bridgehead atoms. The van der Waals surface area contributed by atoms with Crippen LogP contribution in [0.15, 0.2) is 29.3 Å². The summed E-state index contributed by atoms with van der Waals surface area (Å²) < 4.78 is 5.34. The minimum absolute atomic E-state index is 0.0953. The summed E-state index contributed by atoms with van der Waals surface area (Å²) in [5.74, 6) is -1.92. The van der Waals surface area contributed by atoms with Gasteiger partial charge in [-0.2, -0.15) is 0 Å². The topological polar surface area (TPSA) is 135 Å². The average Bonchev–Trinajstić information content (AvgIpc) is 2.43. The van der Waals surface area contributed by atoms with Crippen molar-refractivity contribution in [3.63, 3.8) is 0 Å². The Bertz CT molecular complexity index is 788. The van der Waals surface area contributed by atoms with Crippen LogP contribution in [0.25, 0.3) is 0 Å². The van der Waals surface area contributed by atoms with Gasteiger partial charge in [0.1, 0.15) is 3.57 Å². The van der Waals surface area contributed by atoms with Crippen LogP contribution < -0.4 is 10.3 Å². The fourth-order valence-electron chi connectivity index (χ4n) is 1.51.